The van der Waals surface area contributed by atoms with Gasteiger partial charge >= 0.3 is 17.9 Å². The van der Waals surface area contributed by atoms with Crippen LogP contribution >= 0.6 is 0 Å². The van der Waals surface area contributed by atoms with Crippen LogP contribution in [-0.4, -0.2) is 37.2 Å². The molecule has 0 bridgehead atoms. The number of hydrogen-bond donors (Lipinski definition) is 0. The number of unbranched alkanes of at least 4 members (excludes halogenated alkanes) is 56. The van der Waals surface area contributed by atoms with Crippen LogP contribution < -0.4 is 0 Å². The summed E-state index contributed by atoms with van der Waals surface area (Å²) in [5, 5.41) is 0. The average Bonchev–Trinajstić information content (AvgIpc) is 3.50. The predicted molar refractivity (Wildman–Crippen MR) is 363 cm³/mol. The van der Waals surface area contributed by atoms with Gasteiger partial charge in [-0.25, -0.2) is 0 Å². The second-order valence-corrected chi connectivity index (χ2v) is 25.9. The summed E-state index contributed by atoms with van der Waals surface area (Å²) in [7, 11) is 0. The molecule has 1 atom stereocenters. The number of carbonyl (C=O) groups is 3. The normalized spacial score (nSPS) is 12.1. The number of carbonyl (C=O) groups excluding carboxylic acids is 3. The summed E-state index contributed by atoms with van der Waals surface area (Å²) in [6.07, 6.45) is 89.4. The molecule has 6 nitrogen and oxygen atoms in total. The third kappa shape index (κ3) is 70.5. The molecule has 490 valence electrons. The Balaban J connectivity index is 4.17. The molecule has 0 aliphatic heterocycles. The fourth-order valence-corrected chi connectivity index (χ4v) is 11.7. The highest BCUT2D eigenvalue weighted by Crippen LogP contribution is 2.19. The molecule has 0 rings (SSSR count). The molecule has 0 radical (unpaired) electrons. The van der Waals surface area contributed by atoms with E-state index in [4.69, 9.17) is 14.2 Å². The van der Waals surface area contributed by atoms with Crippen LogP contribution in [0.1, 0.15) is 432 Å². The number of hydrogen-bond acceptors (Lipinski definition) is 6. The lowest BCUT2D eigenvalue weighted by molar-refractivity contribution is -0.167. The van der Waals surface area contributed by atoms with Gasteiger partial charge in [-0.3, -0.25) is 14.4 Å². The van der Waals surface area contributed by atoms with E-state index < -0.39 is 6.10 Å². The van der Waals surface area contributed by atoms with E-state index in [9.17, 15) is 14.4 Å². The quantitative estimate of drug-likeness (QED) is 0.0261. The maximum atomic E-state index is 13.0. The highest BCUT2D eigenvalue weighted by molar-refractivity contribution is 5.71. The molecule has 0 aliphatic rings. The molecule has 0 aliphatic carbocycles. The molecule has 0 aromatic carbocycles. The van der Waals surface area contributed by atoms with E-state index in [0.717, 1.165) is 57.8 Å². The number of ether oxygens (including phenoxy) is 3. The van der Waals surface area contributed by atoms with Crippen LogP contribution in [0, 0.1) is 0 Å². The molecule has 0 spiro atoms. The van der Waals surface area contributed by atoms with Crippen molar-refractivity contribution in [3.8, 4) is 0 Å². The summed E-state index contributed by atoms with van der Waals surface area (Å²) >= 11 is 0. The van der Waals surface area contributed by atoms with Crippen LogP contribution in [-0.2, 0) is 28.6 Å². The minimum absolute atomic E-state index is 0.0661. The van der Waals surface area contributed by atoms with Gasteiger partial charge in [0.2, 0.25) is 0 Å². The zero-order valence-electron chi connectivity index (χ0n) is 56.5. The lowest BCUT2D eigenvalue weighted by Gasteiger charge is -2.18. The third-order valence-corrected chi connectivity index (χ3v) is 17.4. The summed E-state index contributed by atoms with van der Waals surface area (Å²) in [6.45, 7) is 6.72. The first kappa shape index (κ1) is 80.9. The summed E-state index contributed by atoms with van der Waals surface area (Å²) in [6, 6.07) is 0. The Bertz CT molecular complexity index is 1340. The van der Waals surface area contributed by atoms with Crippen molar-refractivity contribution in [2.45, 2.75) is 438 Å². The minimum Gasteiger partial charge on any atom is -0.462 e. The summed E-state index contributed by atoms with van der Waals surface area (Å²) in [4.78, 5) is 38.5. The van der Waals surface area contributed by atoms with Gasteiger partial charge in [-0.05, 0) is 70.6 Å². The van der Waals surface area contributed by atoms with Gasteiger partial charge in [0, 0.05) is 19.3 Å². The highest BCUT2D eigenvalue weighted by Gasteiger charge is 2.20. The highest BCUT2D eigenvalue weighted by atomic mass is 16.6. The summed E-state index contributed by atoms with van der Waals surface area (Å²) in [5.74, 6) is -0.834. The van der Waals surface area contributed by atoms with E-state index in [1.165, 1.54) is 334 Å². The molecule has 0 aromatic rings. The molecular formula is C77H146O6. The first-order valence-electron chi connectivity index (χ1n) is 37.8. The largest absolute Gasteiger partial charge is 0.462 e. The van der Waals surface area contributed by atoms with Gasteiger partial charge in [0.1, 0.15) is 13.2 Å². The second kappa shape index (κ2) is 72.4. The molecule has 0 N–H and O–H groups in total. The fraction of sp³-hybridized carbons (Fsp3) is 0.909. The summed E-state index contributed by atoms with van der Waals surface area (Å²) in [5.41, 5.74) is 0. The van der Waals surface area contributed by atoms with E-state index in [1.54, 1.807) is 0 Å². The van der Waals surface area contributed by atoms with E-state index in [-0.39, 0.29) is 31.1 Å². The van der Waals surface area contributed by atoms with Gasteiger partial charge in [-0.1, -0.05) is 366 Å². The fourth-order valence-electron chi connectivity index (χ4n) is 11.7. The number of rotatable bonds is 71. The Morgan fingerprint density at radius 3 is 0.602 bits per heavy atom. The van der Waals surface area contributed by atoms with E-state index in [2.05, 4.69) is 45.1 Å². The Labute approximate surface area is 519 Å². The van der Waals surface area contributed by atoms with Gasteiger partial charge in [-0.15, -0.1) is 0 Å². The average molecular weight is 1170 g/mol. The van der Waals surface area contributed by atoms with Crippen molar-refractivity contribution >= 4 is 17.9 Å². The smallest absolute Gasteiger partial charge is 0.306 e. The van der Waals surface area contributed by atoms with Gasteiger partial charge in [0.25, 0.3) is 0 Å². The molecule has 0 aromatic heterocycles. The number of esters is 3. The first-order chi connectivity index (χ1) is 41.0. The third-order valence-electron chi connectivity index (χ3n) is 17.4. The molecule has 0 saturated heterocycles. The monoisotopic (exact) mass is 1170 g/mol. The first-order valence-corrected chi connectivity index (χ1v) is 37.8. The van der Waals surface area contributed by atoms with Crippen molar-refractivity contribution < 1.29 is 28.6 Å². The Hall–Kier alpha value is -2.11. The van der Waals surface area contributed by atoms with Gasteiger partial charge in [-0.2, -0.15) is 0 Å². The zero-order chi connectivity index (χ0) is 59.9. The Morgan fingerprint density at radius 1 is 0.229 bits per heavy atom. The molecule has 0 saturated carbocycles. The molecule has 6 heteroatoms. The van der Waals surface area contributed by atoms with E-state index >= 15 is 0 Å². The Morgan fingerprint density at radius 2 is 0.398 bits per heavy atom. The van der Waals surface area contributed by atoms with Crippen molar-refractivity contribution in [3.63, 3.8) is 0 Å². The predicted octanol–water partition coefficient (Wildman–Crippen LogP) is 26.1. The van der Waals surface area contributed by atoms with Crippen molar-refractivity contribution in [1.29, 1.82) is 0 Å². The van der Waals surface area contributed by atoms with Gasteiger partial charge < -0.3 is 14.2 Å². The molecular weight excluding hydrogens is 1020 g/mol. The Kier molecular flexibility index (Phi) is 70.5. The van der Waals surface area contributed by atoms with Crippen LogP contribution in [0.5, 0.6) is 0 Å². The molecule has 0 amide bonds. The lowest BCUT2D eigenvalue weighted by atomic mass is 10.0. The van der Waals surface area contributed by atoms with Crippen LogP contribution in [0.3, 0.4) is 0 Å². The van der Waals surface area contributed by atoms with Crippen LogP contribution in [0.15, 0.2) is 24.3 Å². The zero-order valence-corrected chi connectivity index (χ0v) is 56.5. The summed E-state index contributed by atoms with van der Waals surface area (Å²) < 4.78 is 17.0. The molecule has 83 heavy (non-hydrogen) atoms. The van der Waals surface area contributed by atoms with Gasteiger partial charge in [0.05, 0.1) is 0 Å². The van der Waals surface area contributed by atoms with Crippen LogP contribution in [0.4, 0.5) is 0 Å². The number of allylic oxidation sites excluding steroid dienone is 4. The molecule has 0 heterocycles. The second-order valence-electron chi connectivity index (χ2n) is 25.9. The van der Waals surface area contributed by atoms with E-state index in [1.807, 2.05) is 0 Å². The lowest BCUT2D eigenvalue weighted by Crippen LogP contribution is -2.30. The standard InChI is InChI=1S/C77H146O6/c1-4-7-10-13-16-19-22-25-28-31-32-33-34-35-36-37-38-39-40-41-42-43-44-47-49-52-55-58-61-64-67-70-76(79)82-73-74(83-77(80)71-68-65-62-59-56-53-50-46-30-27-24-21-18-15-12-9-6-3)72-81-75(78)69-66-63-60-57-54-51-48-45-29-26-23-20-17-14-11-8-5-2/h27,30-32,74H,4-26,28-29,33-73H2,1-3H3/b30-27-,32-31-. The van der Waals surface area contributed by atoms with Crippen LogP contribution in [0.2, 0.25) is 0 Å². The molecule has 0 fully saturated rings. The maximum absolute atomic E-state index is 13.0. The van der Waals surface area contributed by atoms with E-state index in [0.29, 0.717) is 19.3 Å². The van der Waals surface area contributed by atoms with Crippen molar-refractivity contribution in [2.75, 3.05) is 13.2 Å². The topological polar surface area (TPSA) is 78.9 Å². The van der Waals surface area contributed by atoms with Crippen molar-refractivity contribution in [3.05, 3.63) is 24.3 Å². The maximum Gasteiger partial charge on any atom is 0.306 e. The minimum atomic E-state index is -0.771. The van der Waals surface area contributed by atoms with Gasteiger partial charge in [0.15, 0.2) is 6.10 Å². The molecule has 1 unspecified atom stereocenters. The SMILES string of the molecule is CCCCCCCC/C=C\CCCCCCCCCC(=O)OC(COC(=O)CCCCCCCCCCCCCCCCCCC)COC(=O)CCCCCCCCCCCCCCCCCCCCC/C=C\CCCCCCCCCC. The van der Waals surface area contributed by atoms with Crippen LogP contribution in [0.25, 0.3) is 0 Å². The van der Waals surface area contributed by atoms with Crippen molar-refractivity contribution in [1.82, 2.24) is 0 Å². The van der Waals surface area contributed by atoms with Crippen molar-refractivity contribution in [2.24, 2.45) is 0 Å².